The molecule has 0 bridgehead atoms. The molecule has 0 aliphatic carbocycles. The third kappa shape index (κ3) is 15.0. The standard InChI is InChI=1S/C44H38N4O6/c49-43(45-39-25-13-21-35(31-39)17-9-11-19-37-23-15-27-41(33-37)47(51)52)29-7-5-3-1-2-4-6-8-30-44(50)46-40-26-14-22-36(32-40)18-10-12-20-38-24-16-28-42(34-38)48(53)54/h13-16,21-28,31-34H,1-8,29-30H2,(H,45,49)(H,46,50). The van der Waals surface area contributed by atoms with Gasteiger partial charge < -0.3 is 10.6 Å². The maximum absolute atomic E-state index is 12.5. The van der Waals surface area contributed by atoms with Crippen LogP contribution in [0.2, 0.25) is 0 Å². The number of rotatable bonds is 15. The number of hydrogen-bond donors (Lipinski definition) is 2. The molecule has 0 unspecified atom stereocenters. The van der Waals surface area contributed by atoms with E-state index in [1.165, 1.54) is 24.3 Å². The number of nitro groups is 2. The van der Waals surface area contributed by atoms with Gasteiger partial charge in [-0.1, -0.05) is 86.5 Å². The van der Waals surface area contributed by atoms with Crippen LogP contribution in [0.5, 0.6) is 0 Å². The number of carbonyl (C=O) groups is 2. The predicted molar refractivity (Wildman–Crippen MR) is 210 cm³/mol. The highest BCUT2D eigenvalue weighted by atomic mass is 16.6. The monoisotopic (exact) mass is 718 g/mol. The van der Waals surface area contributed by atoms with Gasteiger partial charge in [-0.3, -0.25) is 29.8 Å². The second-order valence-electron chi connectivity index (χ2n) is 12.2. The van der Waals surface area contributed by atoms with E-state index in [1.807, 2.05) is 36.4 Å². The van der Waals surface area contributed by atoms with Crippen molar-refractivity contribution in [3.63, 3.8) is 0 Å². The number of hydrogen-bond acceptors (Lipinski definition) is 6. The van der Waals surface area contributed by atoms with E-state index in [0.717, 1.165) is 51.4 Å². The van der Waals surface area contributed by atoms with Gasteiger partial charge in [-0.15, -0.1) is 0 Å². The normalized spacial score (nSPS) is 9.70. The number of benzene rings is 4. The summed E-state index contributed by atoms with van der Waals surface area (Å²) in [4.78, 5) is 45.8. The second-order valence-corrected chi connectivity index (χ2v) is 12.2. The SMILES string of the molecule is O=C(CCCCCCCCCCC(=O)Nc1cccc(C#CC#Cc2cccc([N+](=O)[O-])c2)c1)Nc1cccc(C#CC#Cc2cccc([N+](=O)[O-])c2)c1. The number of anilines is 2. The number of carbonyl (C=O) groups excluding carboxylic acids is 2. The first-order valence-corrected chi connectivity index (χ1v) is 17.6. The zero-order chi connectivity index (χ0) is 38.4. The molecule has 0 saturated heterocycles. The molecule has 4 aromatic carbocycles. The summed E-state index contributed by atoms with van der Waals surface area (Å²) in [5.41, 5.74) is 3.68. The van der Waals surface area contributed by atoms with Crippen molar-refractivity contribution in [3.8, 4) is 47.4 Å². The Morgan fingerprint density at radius 1 is 0.463 bits per heavy atom. The lowest BCUT2D eigenvalue weighted by atomic mass is 10.1. The van der Waals surface area contributed by atoms with E-state index in [-0.39, 0.29) is 23.2 Å². The van der Waals surface area contributed by atoms with E-state index < -0.39 is 9.85 Å². The fourth-order valence-electron chi connectivity index (χ4n) is 5.24. The second kappa shape index (κ2) is 21.9. The Balaban J connectivity index is 1.04. The number of non-ortho nitro benzene ring substituents is 2. The largest absolute Gasteiger partial charge is 0.326 e. The third-order valence-corrected chi connectivity index (χ3v) is 7.92. The first-order chi connectivity index (χ1) is 26.2. The van der Waals surface area contributed by atoms with Gasteiger partial charge in [0.05, 0.1) is 9.85 Å². The minimum Gasteiger partial charge on any atom is -0.326 e. The van der Waals surface area contributed by atoms with Gasteiger partial charge in [-0.25, -0.2) is 0 Å². The first kappa shape index (κ1) is 39.6. The molecular formula is C44H38N4O6. The number of amides is 2. The zero-order valence-corrected chi connectivity index (χ0v) is 29.7. The summed E-state index contributed by atoms with van der Waals surface area (Å²) in [6.45, 7) is 0. The Hall–Kier alpha value is -7.14. The summed E-state index contributed by atoms with van der Waals surface area (Å²) in [6.07, 6.45) is 8.70. The lowest BCUT2D eigenvalue weighted by Gasteiger charge is -2.06. The van der Waals surface area contributed by atoms with Crippen molar-refractivity contribution < 1.29 is 19.4 Å². The summed E-state index contributed by atoms with van der Waals surface area (Å²) in [5, 5.41) is 27.7. The number of nitro benzene ring substituents is 2. The number of unbranched alkanes of at least 4 members (excludes halogenated alkanes) is 7. The fraction of sp³-hybridized carbons (Fsp3) is 0.227. The van der Waals surface area contributed by atoms with E-state index in [9.17, 15) is 29.8 Å². The molecule has 2 N–H and O–H groups in total. The van der Waals surface area contributed by atoms with E-state index >= 15 is 0 Å². The van der Waals surface area contributed by atoms with Crippen LogP contribution < -0.4 is 10.6 Å². The summed E-state index contributed by atoms with van der Waals surface area (Å²) < 4.78 is 0. The van der Waals surface area contributed by atoms with E-state index in [4.69, 9.17) is 0 Å². The molecule has 0 radical (unpaired) electrons. The Labute approximate surface area is 315 Å². The van der Waals surface area contributed by atoms with E-state index in [2.05, 4.69) is 58.0 Å². The lowest BCUT2D eigenvalue weighted by molar-refractivity contribution is -0.385. The fourth-order valence-corrected chi connectivity index (χ4v) is 5.24. The topological polar surface area (TPSA) is 144 Å². The molecule has 10 nitrogen and oxygen atoms in total. The number of nitrogens with zero attached hydrogens (tertiary/aromatic N) is 2. The number of nitrogens with one attached hydrogen (secondary N) is 2. The molecule has 0 spiro atoms. The first-order valence-electron chi connectivity index (χ1n) is 17.6. The van der Waals surface area contributed by atoms with Crippen molar-refractivity contribution >= 4 is 34.6 Å². The molecule has 0 heterocycles. The summed E-state index contributed by atoms with van der Waals surface area (Å²) in [6, 6.07) is 26.6. The maximum Gasteiger partial charge on any atom is 0.270 e. The minimum absolute atomic E-state index is 0.0249. The average Bonchev–Trinajstić information content (AvgIpc) is 3.16. The molecule has 4 rings (SSSR count). The van der Waals surface area contributed by atoms with Crippen LogP contribution in [0.4, 0.5) is 22.7 Å². The van der Waals surface area contributed by atoms with Crippen LogP contribution in [-0.2, 0) is 9.59 Å². The highest BCUT2D eigenvalue weighted by Crippen LogP contribution is 2.16. The van der Waals surface area contributed by atoms with Crippen LogP contribution in [0.3, 0.4) is 0 Å². The summed E-state index contributed by atoms with van der Waals surface area (Å²) >= 11 is 0. The lowest BCUT2D eigenvalue weighted by Crippen LogP contribution is -2.11. The molecule has 0 saturated carbocycles. The van der Waals surface area contributed by atoms with Crippen molar-refractivity contribution in [2.45, 2.75) is 64.2 Å². The predicted octanol–water partition coefficient (Wildman–Crippen LogP) is 8.79. The Morgan fingerprint density at radius 3 is 1.13 bits per heavy atom. The van der Waals surface area contributed by atoms with E-state index in [0.29, 0.717) is 46.5 Å². The van der Waals surface area contributed by atoms with Crippen molar-refractivity contribution in [1.82, 2.24) is 0 Å². The molecule has 0 aromatic heterocycles. The van der Waals surface area contributed by atoms with Crippen LogP contribution in [-0.4, -0.2) is 21.7 Å². The van der Waals surface area contributed by atoms with Crippen LogP contribution in [0, 0.1) is 67.6 Å². The molecule has 0 aliphatic rings. The molecular weight excluding hydrogens is 681 g/mol. The maximum atomic E-state index is 12.5. The Bertz CT molecular complexity index is 2080. The third-order valence-electron chi connectivity index (χ3n) is 7.92. The smallest absolute Gasteiger partial charge is 0.270 e. The molecule has 0 aliphatic heterocycles. The molecule has 0 atom stereocenters. The highest BCUT2D eigenvalue weighted by molar-refractivity contribution is 5.91. The van der Waals surface area contributed by atoms with Crippen molar-refractivity contribution in [2.75, 3.05) is 10.6 Å². The Morgan fingerprint density at radius 2 is 0.778 bits per heavy atom. The zero-order valence-electron chi connectivity index (χ0n) is 29.7. The minimum atomic E-state index is -0.468. The average molecular weight is 719 g/mol. The van der Waals surface area contributed by atoms with Gasteiger partial charge in [0.15, 0.2) is 0 Å². The van der Waals surface area contributed by atoms with Crippen molar-refractivity contribution in [1.29, 1.82) is 0 Å². The van der Waals surface area contributed by atoms with Crippen molar-refractivity contribution in [2.24, 2.45) is 0 Å². The van der Waals surface area contributed by atoms with E-state index in [1.54, 1.807) is 36.4 Å². The summed E-state index contributed by atoms with van der Waals surface area (Å²) in [5.74, 6) is 22.3. The van der Waals surface area contributed by atoms with Crippen molar-refractivity contribution in [3.05, 3.63) is 140 Å². The van der Waals surface area contributed by atoms with Crippen LogP contribution in [0.1, 0.15) is 86.5 Å². The van der Waals surface area contributed by atoms with Crippen LogP contribution in [0.25, 0.3) is 0 Å². The molecule has 54 heavy (non-hydrogen) atoms. The van der Waals surface area contributed by atoms with Gasteiger partial charge in [0.2, 0.25) is 11.8 Å². The van der Waals surface area contributed by atoms with Gasteiger partial charge in [0, 0.05) is 70.7 Å². The molecule has 4 aromatic rings. The quantitative estimate of drug-likeness (QED) is 0.0544. The Kier molecular flexibility index (Phi) is 16.1. The van der Waals surface area contributed by atoms with Gasteiger partial charge in [0.25, 0.3) is 11.4 Å². The molecule has 270 valence electrons. The molecule has 10 heteroatoms. The molecule has 2 amide bonds. The van der Waals surface area contributed by atoms with Gasteiger partial charge in [-0.05, 0) is 85.1 Å². The van der Waals surface area contributed by atoms with Crippen LogP contribution >= 0.6 is 0 Å². The summed E-state index contributed by atoms with van der Waals surface area (Å²) in [7, 11) is 0. The molecule has 0 fully saturated rings. The highest BCUT2D eigenvalue weighted by Gasteiger charge is 2.06. The van der Waals surface area contributed by atoms with Gasteiger partial charge in [0.1, 0.15) is 0 Å². The van der Waals surface area contributed by atoms with Gasteiger partial charge >= 0.3 is 0 Å². The van der Waals surface area contributed by atoms with Gasteiger partial charge in [-0.2, -0.15) is 0 Å². The van der Waals surface area contributed by atoms with Crippen LogP contribution in [0.15, 0.2) is 97.1 Å².